The molecular weight excluding hydrogens is 421 g/mol. The second-order valence-corrected chi connectivity index (χ2v) is 6.52. The molecule has 3 rings (SSSR count). The van der Waals surface area contributed by atoms with Gasteiger partial charge in [0.1, 0.15) is 23.1 Å². The number of nitrogens with zero attached hydrogens (tertiary/aromatic N) is 2. The van der Waals surface area contributed by atoms with E-state index in [4.69, 9.17) is 11.6 Å². The molecule has 1 atom stereocenters. The van der Waals surface area contributed by atoms with Crippen LogP contribution in [-0.2, 0) is 0 Å². The van der Waals surface area contributed by atoms with Gasteiger partial charge in [-0.2, -0.15) is 9.48 Å². The molecule has 3 nitrogen and oxygen atoms in total. The maximum Gasteiger partial charge on any atom is 0.287 e. The lowest BCUT2D eigenvalue weighted by atomic mass is 10.1. The van der Waals surface area contributed by atoms with Crippen molar-refractivity contribution in [1.82, 2.24) is 4.48 Å². The topological polar surface area (TPSA) is 32.6 Å². The van der Waals surface area contributed by atoms with Gasteiger partial charge in [-0.3, -0.25) is 0 Å². The first-order valence-corrected chi connectivity index (χ1v) is 8.36. The number of allylic oxidation sites excluding steroid dienone is 1. The Labute approximate surface area is 155 Å². The minimum atomic E-state index is -0.854. The summed E-state index contributed by atoms with van der Waals surface area (Å²) >= 11 is 9.47. The van der Waals surface area contributed by atoms with E-state index in [0.717, 1.165) is 24.3 Å². The van der Waals surface area contributed by atoms with Crippen LogP contribution >= 0.6 is 27.5 Å². The van der Waals surface area contributed by atoms with Crippen molar-refractivity contribution in [2.45, 2.75) is 6.92 Å². The molecule has 1 N–H and O–H groups in total. The number of amidine groups is 1. The molecule has 0 saturated carbocycles. The Morgan fingerprint density at radius 2 is 1.80 bits per heavy atom. The van der Waals surface area contributed by atoms with Crippen LogP contribution in [0.1, 0.15) is 6.92 Å². The Morgan fingerprint density at radius 1 is 1.16 bits per heavy atom. The van der Waals surface area contributed by atoms with Crippen LogP contribution in [0, 0.1) is 17.5 Å². The van der Waals surface area contributed by atoms with E-state index in [-0.39, 0.29) is 21.2 Å². The number of para-hydroxylation sites is 1. The number of benzene rings is 2. The summed E-state index contributed by atoms with van der Waals surface area (Å²) in [5.74, 6) is -2.30. The van der Waals surface area contributed by atoms with Gasteiger partial charge in [-0.25, -0.2) is 13.2 Å². The van der Waals surface area contributed by atoms with E-state index in [1.54, 1.807) is 6.92 Å². The quantitative estimate of drug-likeness (QED) is 0.512. The van der Waals surface area contributed by atoms with Gasteiger partial charge in [-0.05, 0) is 31.2 Å². The summed E-state index contributed by atoms with van der Waals surface area (Å²) in [5, 5.41) is 9.85. The Bertz CT molecular complexity index is 912. The van der Waals surface area contributed by atoms with E-state index < -0.39 is 34.2 Å². The Kier molecular flexibility index (Phi) is 4.76. The van der Waals surface area contributed by atoms with Crippen molar-refractivity contribution in [2.24, 2.45) is 4.99 Å². The van der Waals surface area contributed by atoms with Crippen LogP contribution in [-0.4, -0.2) is 16.5 Å². The van der Waals surface area contributed by atoms with Crippen LogP contribution in [0.25, 0.3) is 0 Å². The molecule has 0 aliphatic carbocycles. The van der Waals surface area contributed by atoms with Gasteiger partial charge >= 0.3 is 0 Å². The minimum absolute atomic E-state index is 0.0598. The third-order valence-corrected chi connectivity index (χ3v) is 5.07. The summed E-state index contributed by atoms with van der Waals surface area (Å²) in [7, 11) is 0. The molecule has 0 spiro atoms. The van der Waals surface area contributed by atoms with E-state index in [1.807, 2.05) is 0 Å². The summed E-state index contributed by atoms with van der Waals surface area (Å²) in [6, 6.07) is 6.90. The number of rotatable bonds is 3. The van der Waals surface area contributed by atoms with Crippen molar-refractivity contribution in [1.29, 1.82) is 0 Å². The highest BCUT2D eigenvalue weighted by Gasteiger charge is 2.52. The number of halogens is 5. The number of aliphatic imine (C=N–C) groups is 1. The molecule has 0 saturated heterocycles. The monoisotopic (exact) mass is 431 g/mol. The molecule has 130 valence electrons. The highest BCUT2D eigenvalue weighted by Crippen LogP contribution is 2.50. The highest BCUT2D eigenvalue weighted by atomic mass is 79.9. The molecule has 8 heteroatoms. The normalized spacial score (nSPS) is 20.2. The van der Waals surface area contributed by atoms with Crippen LogP contribution in [0.15, 0.2) is 52.8 Å². The zero-order valence-corrected chi connectivity index (χ0v) is 15.2. The molecule has 0 aromatic heterocycles. The molecule has 1 unspecified atom stereocenters. The number of hydrogen-bond donors (Lipinski definition) is 1. The van der Waals surface area contributed by atoms with Gasteiger partial charge in [-0.15, -0.1) is 0 Å². The van der Waals surface area contributed by atoms with Crippen LogP contribution in [0.3, 0.4) is 0 Å². The van der Waals surface area contributed by atoms with Gasteiger partial charge in [0.25, 0.3) is 4.74 Å². The molecule has 0 fully saturated rings. The lowest BCUT2D eigenvalue weighted by Crippen LogP contribution is -2.46. The number of hydrogen-bond acceptors (Lipinski definition) is 2. The SMILES string of the molecule is CC1=C(CO)[N+](c2ccc(F)cc2Cl)(c2c(F)cccc2F)C(Br)=N1. The van der Waals surface area contributed by atoms with Crippen LogP contribution in [0.4, 0.5) is 24.5 Å². The first kappa shape index (κ1) is 18.1. The molecule has 0 amide bonds. The fourth-order valence-electron chi connectivity index (χ4n) is 3.01. The summed E-state index contributed by atoms with van der Waals surface area (Å²) in [4.78, 5) is 4.23. The maximum absolute atomic E-state index is 14.7. The Balaban J connectivity index is 2.49. The first-order valence-electron chi connectivity index (χ1n) is 7.19. The smallest absolute Gasteiger partial charge is 0.287 e. The van der Waals surface area contributed by atoms with Crippen molar-refractivity contribution in [3.63, 3.8) is 0 Å². The van der Waals surface area contributed by atoms with Crippen LogP contribution < -0.4 is 4.48 Å². The second-order valence-electron chi connectivity index (χ2n) is 5.41. The van der Waals surface area contributed by atoms with E-state index in [1.165, 1.54) is 12.1 Å². The van der Waals surface area contributed by atoms with Crippen LogP contribution in [0.5, 0.6) is 0 Å². The van der Waals surface area contributed by atoms with Crippen LogP contribution in [0.2, 0.25) is 5.02 Å². The summed E-state index contributed by atoms with van der Waals surface area (Å²) < 4.78 is 42.3. The third-order valence-electron chi connectivity index (χ3n) is 4.05. The fourth-order valence-corrected chi connectivity index (χ4v) is 4.15. The Hall–Kier alpha value is -1.67. The summed E-state index contributed by atoms with van der Waals surface area (Å²) in [6.45, 7) is 1.06. The van der Waals surface area contributed by atoms with E-state index in [2.05, 4.69) is 20.9 Å². The van der Waals surface area contributed by atoms with E-state index in [0.29, 0.717) is 5.70 Å². The molecule has 1 aliphatic rings. The van der Waals surface area contributed by atoms with Gasteiger partial charge in [0, 0.05) is 22.0 Å². The fraction of sp³-hybridized carbons (Fsp3) is 0.118. The molecule has 1 heterocycles. The third kappa shape index (κ3) is 2.62. The zero-order valence-electron chi connectivity index (χ0n) is 12.9. The van der Waals surface area contributed by atoms with E-state index >= 15 is 0 Å². The molecule has 1 aliphatic heterocycles. The second kappa shape index (κ2) is 6.57. The number of aliphatic hydroxyl groups is 1. The van der Waals surface area contributed by atoms with E-state index in [9.17, 15) is 18.3 Å². The largest absolute Gasteiger partial charge is 0.386 e. The maximum atomic E-state index is 14.7. The van der Waals surface area contributed by atoms with Gasteiger partial charge < -0.3 is 5.11 Å². The molecular formula is C17H12BrClF3N2O+. The zero-order chi connectivity index (χ0) is 18.4. The van der Waals surface area contributed by atoms with Gasteiger partial charge in [-0.1, -0.05) is 17.7 Å². The van der Waals surface area contributed by atoms with Gasteiger partial charge in [0.2, 0.25) is 5.69 Å². The van der Waals surface area contributed by atoms with Gasteiger partial charge in [0.05, 0.1) is 0 Å². The molecule has 2 aromatic rings. The van der Waals surface area contributed by atoms with Crippen molar-refractivity contribution < 1.29 is 18.3 Å². The molecule has 25 heavy (non-hydrogen) atoms. The minimum Gasteiger partial charge on any atom is -0.386 e. The molecule has 0 bridgehead atoms. The lowest BCUT2D eigenvalue weighted by molar-refractivity contribution is 0.308. The predicted octanol–water partition coefficient (Wildman–Crippen LogP) is 5.38. The van der Waals surface area contributed by atoms with Crippen molar-refractivity contribution in [2.75, 3.05) is 6.61 Å². The number of aliphatic hydroxyl groups excluding tert-OH is 1. The van der Waals surface area contributed by atoms with Gasteiger partial charge in [0.15, 0.2) is 23.0 Å². The molecule has 0 radical (unpaired) electrons. The molecule has 2 aromatic carbocycles. The predicted molar refractivity (Wildman–Crippen MR) is 95.4 cm³/mol. The van der Waals surface area contributed by atoms with Crippen molar-refractivity contribution >= 4 is 43.7 Å². The lowest BCUT2D eigenvalue weighted by Gasteiger charge is -2.34. The number of quaternary nitrogens is 1. The average Bonchev–Trinajstić information content (AvgIpc) is 2.78. The highest BCUT2D eigenvalue weighted by molar-refractivity contribution is 9.18. The average molecular weight is 433 g/mol. The standard InChI is InChI=1S/C17H12BrClF3N2O/c1-9-15(8-25)24(17(18)23-9,14-6-5-10(20)7-11(14)19)16-12(21)3-2-4-13(16)22/h2-7,25H,8H2,1H3/q+1. The summed E-state index contributed by atoms with van der Waals surface area (Å²) in [6.07, 6.45) is 0. The first-order chi connectivity index (χ1) is 11.8. The van der Waals surface area contributed by atoms with Crippen molar-refractivity contribution in [3.05, 3.63) is 70.3 Å². The van der Waals surface area contributed by atoms with Crippen molar-refractivity contribution in [3.8, 4) is 0 Å². The Morgan fingerprint density at radius 3 is 2.36 bits per heavy atom. The summed E-state index contributed by atoms with van der Waals surface area (Å²) in [5.41, 5.74) is 0.331.